The quantitative estimate of drug-likeness (QED) is 0.582. The molecule has 0 fully saturated rings. The Morgan fingerprint density at radius 3 is 2.60 bits per heavy atom. The van der Waals surface area contributed by atoms with Crippen LogP contribution in [0.1, 0.15) is 16.8 Å². The molecule has 0 amide bonds. The smallest absolute Gasteiger partial charge is 0.449 e. The molecule has 0 radical (unpaired) electrons. The van der Waals surface area contributed by atoms with Crippen LogP contribution >= 0.6 is 15.9 Å². The minimum atomic E-state index is -1.36. The number of rotatable bonds is 4. The lowest BCUT2D eigenvalue weighted by molar-refractivity contribution is 0.144. The fourth-order valence-electron chi connectivity index (χ4n) is 2.77. The number of anilines is 1. The topological polar surface area (TPSA) is 71.5 Å². The number of benzene rings is 2. The maximum absolute atomic E-state index is 11.1. The van der Waals surface area contributed by atoms with Gasteiger partial charge in [0.25, 0.3) is 0 Å². The number of halogens is 1. The van der Waals surface area contributed by atoms with E-state index in [2.05, 4.69) is 26.2 Å². The van der Waals surface area contributed by atoms with Gasteiger partial charge in [-0.3, -0.25) is 0 Å². The maximum Gasteiger partial charge on any atom is 0.511 e. The van der Waals surface area contributed by atoms with Crippen molar-refractivity contribution in [2.24, 2.45) is 0 Å². The van der Waals surface area contributed by atoms with Crippen LogP contribution in [-0.4, -0.2) is 16.2 Å². The van der Waals surface area contributed by atoms with Gasteiger partial charge in [-0.2, -0.15) is 0 Å². The first-order chi connectivity index (χ1) is 12.0. The highest BCUT2D eigenvalue weighted by Crippen LogP contribution is 2.37. The fraction of sp³-hybridized carbons (Fsp3) is 0.158. The van der Waals surface area contributed by atoms with Crippen LogP contribution in [0.4, 0.5) is 10.5 Å². The molecular weight excluding hydrogens is 384 g/mol. The molecule has 0 unspecified atom stereocenters. The van der Waals surface area contributed by atoms with Gasteiger partial charge in [0.05, 0.1) is 16.9 Å². The van der Waals surface area contributed by atoms with E-state index >= 15 is 0 Å². The largest absolute Gasteiger partial charge is 0.511 e. The van der Waals surface area contributed by atoms with E-state index < -0.39 is 6.16 Å². The maximum atomic E-state index is 11.1. The van der Waals surface area contributed by atoms with Crippen molar-refractivity contribution >= 4 is 38.7 Å². The normalized spacial score (nSPS) is 10.7. The van der Waals surface area contributed by atoms with Crippen LogP contribution in [0.2, 0.25) is 0 Å². The van der Waals surface area contributed by atoms with Crippen molar-refractivity contribution in [3.8, 4) is 5.75 Å². The fourth-order valence-corrected chi connectivity index (χ4v) is 3.03. The Hall–Kier alpha value is -2.60. The number of pyridine rings is 1. The average Bonchev–Trinajstić information content (AvgIpc) is 2.56. The molecule has 0 bridgehead atoms. The van der Waals surface area contributed by atoms with E-state index in [9.17, 15) is 4.79 Å². The molecule has 0 saturated carbocycles. The molecule has 6 heteroatoms. The van der Waals surface area contributed by atoms with Gasteiger partial charge in [0, 0.05) is 16.4 Å². The molecule has 3 rings (SSSR count). The molecule has 2 N–H and O–H groups in total. The molecule has 0 saturated heterocycles. The van der Waals surface area contributed by atoms with Crippen molar-refractivity contribution in [1.82, 2.24) is 4.98 Å². The summed E-state index contributed by atoms with van der Waals surface area (Å²) < 4.78 is 6.04. The number of nitrogens with zero attached hydrogens (tertiary/aromatic N) is 1. The molecule has 0 aliphatic heterocycles. The number of ether oxygens (including phenoxy) is 1. The zero-order valence-electron chi connectivity index (χ0n) is 13.8. The first kappa shape index (κ1) is 17.2. The summed E-state index contributed by atoms with van der Waals surface area (Å²) in [6.45, 7) is 4.25. The minimum absolute atomic E-state index is 0.242. The van der Waals surface area contributed by atoms with Gasteiger partial charge in [0.1, 0.15) is 0 Å². The number of hydrogen-bond acceptors (Lipinski definition) is 4. The Balaban J connectivity index is 2.08. The van der Waals surface area contributed by atoms with Gasteiger partial charge in [-0.25, -0.2) is 9.78 Å². The summed E-state index contributed by atoms with van der Waals surface area (Å²) in [7, 11) is 0. The van der Waals surface area contributed by atoms with Crippen LogP contribution in [0.15, 0.2) is 46.9 Å². The van der Waals surface area contributed by atoms with E-state index in [0.717, 1.165) is 26.5 Å². The molecule has 1 aromatic heterocycles. The van der Waals surface area contributed by atoms with Crippen molar-refractivity contribution < 1.29 is 14.6 Å². The summed E-state index contributed by atoms with van der Waals surface area (Å²) in [6.07, 6.45) is -1.36. The van der Waals surface area contributed by atoms with Crippen molar-refractivity contribution in [3.05, 3.63) is 63.8 Å². The summed E-state index contributed by atoms with van der Waals surface area (Å²) in [5.41, 5.74) is 4.04. The zero-order valence-corrected chi connectivity index (χ0v) is 15.4. The molecule has 0 aliphatic rings. The molecule has 0 aliphatic carbocycles. The Kier molecular flexibility index (Phi) is 4.90. The van der Waals surface area contributed by atoms with Crippen LogP contribution in [0.3, 0.4) is 0 Å². The van der Waals surface area contributed by atoms with Crippen molar-refractivity contribution in [2.45, 2.75) is 20.4 Å². The number of hydrogen-bond donors (Lipinski definition) is 2. The van der Waals surface area contributed by atoms with E-state index in [1.165, 1.54) is 0 Å². The molecule has 0 spiro atoms. The Labute approximate surface area is 153 Å². The number of carboxylic acid groups (broad SMARTS) is 1. The first-order valence-corrected chi connectivity index (χ1v) is 8.54. The van der Waals surface area contributed by atoms with Crippen LogP contribution in [-0.2, 0) is 6.54 Å². The number of nitrogens with one attached hydrogen (secondary N) is 1. The van der Waals surface area contributed by atoms with Crippen molar-refractivity contribution in [2.75, 3.05) is 5.32 Å². The summed E-state index contributed by atoms with van der Waals surface area (Å²) in [5, 5.41) is 13.3. The Morgan fingerprint density at radius 2 is 1.92 bits per heavy atom. The van der Waals surface area contributed by atoms with Gasteiger partial charge < -0.3 is 15.2 Å². The predicted molar refractivity (Wildman–Crippen MR) is 101 cm³/mol. The molecule has 128 valence electrons. The number of aryl methyl sites for hydroxylation is 2. The predicted octanol–water partition coefficient (Wildman–Crippen LogP) is 5.28. The molecule has 2 aromatic carbocycles. The SMILES string of the molecule is Cc1nc2cccc(C)c2c(NCc2ccc(Br)cc2)c1OC(=O)O. The summed E-state index contributed by atoms with van der Waals surface area (Å²) in [4.78, 5) is 15.6. The first-order valence-electron chi connectivity index (χ1n) is 7.74. The van der Waals surface area contributed by atoms with Gasteiger partial charge in [-0.15, -0.1) is 0 Å². The van der Waals surface area contributed by atoms with Crippen molar-refractivity contribution in [1.29, 1.82) is 0 Å². The highest BCUT2D eigenvalue weighted by molar-refractivity contribution is 9.10. The third kappa shape index (κ3) is 3.74. The molecule has 25 heavy (non-hydrogen) atoms. The van der Waals surface area contributed by atoms with Gasteiger partial charge in [-0.1, -0.05) is 40.2 Å². The highest BCUT2D eigenvalue weighted by atomic mass is 79.9. The van der Waals surface area contributed by atoms with Gasteiger partial charge >= 0.3 is 6.16 Å². The monoisotopic (exact) mass is 400 g/mol. The van der Waals surface area contributed by atoms with Crippen LogP contribution in [0.25, 0.3) is 10.9 Å². The second-order valence-electron chi connectivity index (χ2n) is 5.72. The van der Waals surface area contributed by atoms with Crippen LogP contribution < -0.4 is 10.1 Å². The van der Waals surface area contributed by atoms with E-state index in [1.807, 2.05) is 49.4 Å². The van der Waals surface area contributed by atoms with Gasteiger partial charge in [0.2, 0.25) is 0 Å². The van der Waals surface area contributed by atoms with Gasteiger partial charge in [0.15, 0.2) is 5.75 Å². The standard InChI is InChI=1S/C19H17BrN2O3/c1-11-4-3-5-15-16(11)17(18(12(2)22-15)25-19(23)24)21-10-13-6-8-14(20)9-7-13/h3-9H,10H2,1-2H3,(H,21,22)(H,23,24). The number of carbonyl (C=O) groups is 1. The zero-order chi connectivity index (χ0) is 18.0. The highest BCUT2D eigenvalue weighted by Gasteiger charge is 2.18. The van der Waals surface area contributed by atoms with E-state index in [1.54, 1.807) is 6.92 Å². The molecular formula is C19H17BrN2O3. The van der Waals surface area contributed by atoms with Crippen molar-refractivity contribution in [3.63, 3.8) is 0 Å². The average molecular weight is 401 g/mol. The number of fused-ring (bicyclic) bond motifs is 1. The summed E-state index contributed by atoms with van der Waals surface area (Å²) in [5.74, 6) is 0.242. The second-order valence-corrected chi connectivity index (χ2v) is 6.63. The third-order valence-corrected chi connectivity index (χ3v) is 4.45. The number of aromatic nitrogens is 1. The molecule has 0 atom stereocenters. The molecule has 5 nitrogen and oxygen atoms in total. The minimum Gasteiger partial charge on any atom is -0.449 e. The molecule has 1 heterocycles. The lowest BCUT2D eigenvalue weighted by atomic mass is 10.1. The Bertz CT molecular complexity index is 940. The van der Waals surface area contributed by atoms with E-state index in [4.69, 9.17) is 9.84 Å². The lowest BCUT2D eigenvalue weighted by Crippen LogP contribution is -2.10. The molecule has 3 aromatic rings. The van der Waals surface area contributed by atoms with Gasteiger partial charge in [-0.05, 0) is 43.2 Å². The Morgan fingerprint density at radius 1 is 1.20 bits per heavy atom. The summed E-state index contributed by atoms with van der Waals surface area (Å²) in [6, 6.07) is 13.7. The van der Waals surface area contributed by atoms with E-state index in [0.29, 0.717) is 17.9 Å². The van der Waals surface area contributed by atoms with Crippen LogP contribution in [0.5, 0.6) is 5.75 Å². The second kappa shape index (κ2) is 7.11. The third-order valence-electron chi connectivity index (χ3n) is 3.92. The van der Waals surface area contributed by atoms with E-state index in [-0.39, 0.29) is 5.75 Å². The lowest BCUT2D eigenvalue weighted by Gasteiger charge is -2.17. The van der Waals surface area contributed by atoms with Crippen LogP contribution in [0, 0.1) is 13.8 Å². The summed E-state index contributed by atoms with van der Waals surface area (Å²) >= 11 is 3.42.